The highest BCUT2D eigenvalue weighted by atomic mass is 16.1. The smallest absolute Gasteiger partial charge is 0.196 e. The first-order chi connectivity index (χ1) is 10.5. The molecule has 0 N–H and O–H groups in total. The Morgan fingerprint density at radius 1 is 1.05 bits per heavy atom. The van der Waals surface area contributed by atoms with Crippen molar-refractivity contribution in [3.8, 4) is 11.3 Å². The van der Waals surface area contributed by atoms with Crippen LogP contribution in [0.2, 0.25) is 0 Å². The van der Waals surface area contributed by atoms with E-state index in [1.165, 1.54) is 0 Å². The summed E-state index contributed by atoms with van der Waals surface area (Å²) in [6.07, 6.45) is 1.42. The number of rotatable bonds is 1. The minimum Gasteiger partial charge on any atom is -0.341 e. The molecule has 112 valence electrons. The summed E-state index contributed by atoms with van der Waals surface area (Å²) in [5.74, 6) is 0.493. The van der Waals surface area contributed by atoms with E-state index in [-0.39, 0.29) is 17.6 Å². The van der Waals surface area contributed by atoms with Gasteiger partial charge in [-0.25, -0.2) is 0 Å². The van der Waals surface area contributed by atoms with Crippen molar-refractivity contribution >= 4 is 11.6 Å². The summed E-state index contributed by atoms with van der Waals surface area (Å²) < 4.78 is 2.22. The van der Waals surface area contributed by atoms with Crippen LogP contribution in [0, 0.1) is 5.92 Å². The number of fused-ring (bicyclic) bond motifs is 5. The Bertz CT molecular complexity index is 826. The summed E-state index contributed by atoms with van der Waals surface area (Å²) in [5, 5.41) is 0. The van der Waals surface area contributed by atoms with E-state index in [4.69, 9.17) is 0 Å². The van der Waals surface area contributed by atoms with Gasteiger partial charge in [0.2, 0.25) is 0 Å². The fourth-order valence-electron chi connectivity index (χ4n) is 4.04. The molecule has 4 rings (SSSR count). The second kappa shape index (κ2) is 4.42. The van der Waals surface area contributed by atoms with Crippen LogP contribution in [-0.2, 0) is 6.42 Å². The van der Waals surface area contributed by atoms with Gasteiger partial charge in [-0.2, -0.15) is 0 Å². The van der Waals surface area contributed by atoms with Gasteiger partial charge in [-0.15, -0.1) is 0 Å². The van der Waals surface area contributed by atoms with Crippen LogP contribution in [0.4, 0.5) is 0 Å². The molecule has 1 unspecified atom stereocenters. The highest BCUT2D eigenvalue weighted by Gasteiger charge is 2.40. The van der Waals surface area contributed by atoms with Crippen LogP contribution in [0.1, 0.15) is 65.2 Å². The lowest BCUT2D eigenvalue weighted by Gasteiger charge is -2.23. The molecule has 0 spiro atoms. The van der Waals surface area contributed by atoms with Crippen molar-refractivity contribution in [2.24, 2.45) is 5.92 Å². The Labute approximate surface area is 130 Å². The van der Waals surface area contributed by atoms with Gasteiger partial charge >= 0.3 is 0 Å². The second-order valence-corrected chi connectivity index (χ2v) is 6.82. The molecule has 0 radical (unpaired) electrons. The van der Waals surface area contributed by atoms with Gasteiger partial charge in [0.05, 0.1) is 16.8 Å². The molecule has 0 saturated heterocycles. The molecule has 1 aromatic heterocycles. The number of hydrogen-bond acceptors (Lipinski definition) is 2. The maximum absolute atomic E-state index is 12.9. The Balaban J connectivity index is 2.11. The Kier molecular flexibility index (Phi) is 2.71. The molecule has 2 aromatic rings. The molecule has 1 atom stereocenters. The van der Waals surface area contributed by atoms with Crippen molar-refractivity contribution < 1.29 is 9.59 Å². The predicted molar refractivity (Wildman–Crippen MR) is 85.5 cm³/mol. The van der Waals surface area contributed by atoms with Crippen LogP contribution >= 0.6 is 0 Å². The molecule has 2 aliphatic rings. The minimum absolute atomic E-state index is 0.0177. The number of carbonyl (C=O) groups excluding carboxylic acids is 2. The van der Waals surface area contributed by atoms with E-state index in [1.807, 2.05) is 24.3 Å². The van der Waals surface area contributed by atoms with Gasteiger partial charge in [0.1, 0.15) is 0 Å². The first-order valence-electron chi connectivity index (χ1n) is 7.95. The summed E-state index contributed by atoms with van der Waals surface area (Å²) in [4.78, 5) is 25.5. The summed E-state index contributed by atoms with van der Waals surface area (Å²) in [5.41, 5.74) is 5.08. The normalized spacial score (nSPS) is 19.4. The standard InChI is InChI=1S/C19H19NO2/c1-10(2)20-14-8-11(3)9-15(21)16(14)17-18(20)12-6-4-5-7-13(12)19(17)22/h4-7,10-11H,8-9H2,1-3H3. The van der Waals surface area contributed by atoms with Crippen LogP contribution in [-0.4, -0.2) is 16.1 Å². The number of aromatic nitrogens is 1. The minimum atomic E-state index is 0.0177. The van der Waals surface area contributed by atoms with Crippen molar-refractivity contribution in [3.63, 3.8) is 0 Å². The number of nitrogens with zero attached hydrogens (tertiary/aromatic N) is 1. The molecule has 3 heteroatoms. The third kappa shape index (κ3) is 1.57. The zero-order chi connectivity index (χ0) is 15.6. The van der Waals surface area contributed by atoms with Gasteiger partial charge < -0.3 is 4.57 Å². The van der Waals surface area contributed by atoms with Crippen molar-refractivity contribution in [1.82, 2.24) is 4.57 Å². The van der Waals surface area contributed by atoms with Gasteiger partial charge in [-0.05, 0) is 26.2 Å². The number of hydrogen-bond donors (Lipinski definition) is 0. The summed E-state index contributed by atoms with van der Waals surface area (Å²) in [6.45, 7) is 6.35. The molecule has 3 nitrogen and oxygen atoms in total. The van der Waals surface area contributed by atoms with E-state index in [0.717, 1.165) is 28.9 Å². The third-order valence-corrected chi connectivity index (χ3v) is 4.83. The quantitative estimate of drug-likeness (QED) is 0.679. The molecular weight excluding hydrogens is 274 g/mol. The average molecular weight is 293 g/mol. The van der Waals surface area contributed by atoms with Crippen molar-refractivity contribution in [1.29, 1.82) is 0 Å². The van der Waals surface area contributed by atoms with E-state index < -0.39 is 0 Å². The maximum atomic E-state index is 12.9. The molecule has 0 bridgehead atoms. The summed E-state index contributed by atoms with van der Waals surface area (Å²) in [6, 6.07) is 7.94. The van der Waals surface area contributed by atoms with Crippen LogP contribution in [0.3, 0.4) is 0 Å². The SMILES string of the molecule is CC1CC(=O)c2c3c(n(C(C)C)c2C1)-c1ccccc1C3=O. The van der Waals surface area contributed by atoms with Gasteiger partial charge in [-0.1, -0.05) is 31.2 Å². The van der Waals surface area contributed by atoms with Gasteiger partial charge in [-0.3, -0.25) is 9.59 Å². The monoisotopic (exact) mass is 293 g/mol. The number of Topliss-reactive ketones (excluding diaryl/α,β-unsaturated/α-hetero) is 1. The molecule has 0 fully saturated rings. The zero-order valence-electron chi connectivity index (χ0n) is 13.1. The molecular formula is C19H19NO2. The first-order valence-corrected chi connectivity index (χ1v) is 7.95. The van der Waals surface area contributed by atoms with Crippen molar-refractivity contribution in [2.75, 3.05) is 0 Å². The highest BCUT2D eigenvalue weighted by molar-refractivity contribution is 6.26. The molecule has 2 aliphatic carbocycles. The third-order valence-electron chi connectivity index (χ3n) is 4.83. The molecule has 22 heavy (non-hydrogen) atoms. The topological polar surface area (TPSA) is 39.1 Å². The Morgan fingerprint density at radius 2 is 1.73 bits per heavy atom. The number of benzene rings is 1. The van der Waals surface area contributed by atoms with E-state index in [2.05, 4.69) is 25.3 Å². The second-order valence-electron chi connectivity index (χ2n) is 6.82. The van der Waals surface area contributed by atoms with Crippen LogP contribution in [0.5, 0.6) is 0 Å². The van der Waals surface area contributed by atoms with Crippen molar-refractivity contribution in [3.05, 3.63) is 46.6 Å². The molecule has 1 aromatic carbocycles. The van der Waals surface area contributed by atoms with Gasteiger partial charge in [0.15, 0.2) is 11.6 Å². The summed E-state index contributed by atoms with van der Waals surface area (Å²) in [7, 11) is 0. The average Bonchev–Trinajstić information content (AvgIpc) is 2.93. The van der Waals surface area contributed by atoms with Crippen LogP contribution in [0.25, 0.3) is 11.3 Å². The fraction of sp³-hybridized carbons (Fsp3) is 0.368. The highest BCUT2D eigenvalue weighted by Crippen LogP contribution is 2.45. The lowest BCUT2D eigenvalue weighted by atomic mass is 9.85. The fourth-order valence-corrected chi connectivity index (χ4v) is 4.04. The zero-order valence-corrected chi connectivity index (χ0v) is 13.1. The molecule has 1 heterocycles. The largest absolute Gasteiger partial charge is 0.341 e. The molecule has 0 aliphatic heterocycles. The Hall–Kier alpha value is -2.16. The molecule has 0 amide bonds. The first kappa shape index (κ1) is 13.5. The Morgan fingerprint density at radius 3 is 2.41 bits per heavy atom. The number of ketones is 2. The lowest BCUT2D eigenvalue weighted by Crippen LogP contribution is -2.22. The molecule has 0 saturated carbocycles. The maximum Gasteiger partial charge on any atom is 0.196 e. The van der Waals surface area contributed by atoms with E-state index in [1.54, 1.807) is 0 Å². The van der Waals surface area contributed by atoms with E-state index >= 15 is 0 Å². The van der Waals surface area contributed by atoms with Crippen LogP contribution < -0.4 is 0 Å². The van der Waals surface area contributed by atoms with Crippen LogP contribution in [0.15, 0.2) is 24.3 Å². The van der Waals surface area contributed by atoms with Crippen molar-refractivity contribution in [2.45, 2.75) is 39.7 Å². The lowest BCUT2D eigenvalue weighted by molar-refractivity contribution is 0.0941. The predicted octanol–water partition coefficient (Wildman–Crippen LogP) is 4.05. The van der Waals surface area contributed by atoms with Gasteiger partial charge in [0.25, 0.3) is 0 Å². The summed E-state index contributed by atoms with van der Waals surface area (Å²) >= 11 is 0. The number of carbonyl (C=O) groups is 2. The van der Waals surface area contributed by atoms with E-state index in [0.29, 0.717) is 23.5 Å². The van der Waals surface area contributed by atoms with E-state index in [9.17, 15) is 9.59 Å². The van der Waals surface area contributed by atoms with Gasteiger partial charge in [0, 0.05) is 29.3 Å².